The molecule has 1 aliphatic heterocycles. The van der Waals surface area contributed by atoms with Gasteiger partial charge in [0, 0.05) is 30.6 Å². The number of nitrogens with zero attached hydrogens (tertiary/aromatic N) is 7. The average molecular weight is 900 g/mol. The van der Waals surface area contributed by atoms with Crippen molar-refractivity contribution >= 4 is 64.5 Å². The Morgan fingerprint density at radius 1 is 1.03 bits per heavy atom. The van der Waals surface area contributed by atoms with Gasteiger partial charge in [0.1, 0.15) is 24.6 Å². The number of carbonyl (C=O) groups excluding carboxylic acids is 2. The molecule has 1 aromatic carbocycles. The molecular weight excluding hydrogens is 850 g/mol. The average Bonchev–Trinajstić information content (AvgIpc) is 3.98. The summed E-state index contributed by atoms with van der Waals surface area (Å²) in [5, 5.41) is 26.5. The van der Waals surface area contributed by atoms with Crippen molar-refractivity contribution in [1.82, 2.24) is 43.8 Å². The molecule has 4 aromatic heterocycles. The Morgan fingerprint density at radius 2 is 1.73 bits per heavy atom. The number of imidazole rings is 2. The van der Waals surface area contributed by atoms with Crippen molar-refractivity contribution in [3.63, 3.8) is 0 Å². The summed E-state index contributed by atoms with van der Waals surface area (Å²) in [6.07, 6.45) is -5.28. The van der Waals surface area contributed by atoms with Crippen LogP contribution in [0.1, 0.15) is 63.7 Å². The van der Waals surface area contributed by atoms with Gasteiger partial charge in [-0.2, -0.15) is 18.1 Å². The summed E-state index contributed by atoms with van der Waals surface area (Å²) in [5.74, 6) is -2.14. The number of alkyl halides is 1. The maximum atomic E-state index is 15.8. The zero-order chi connectivity index (χ0) is 44.9. The highest BCUT2D eigenvalue weighted by atomic mass is 32.2. The van der Waals surface area contributed by atoms with Crippen molar-refractivity contribution in [2.45, 2.75) is 102 Å². The maximum absolute atomic E-state index is 15.8. The van der Waals surface area contributed by atoms with Crippen molar-refractivity contribution in [1.29, 1.82) is 0 Å². The number of amides is 2. The number of anilines is 2. The van der Waals surface area contributed by atoms with E-state index in [9.17, 15) is 33.0 Å². The number of carbonyl (C=O) groups is 2. The number of halogens is 1. The summed E-state index contributed by atoms with van der Waals surface area (Å²) in [7, 11) is -7.47. The topological polar surface area (TPSA) is 280 Å². The number of H-pyrrole nitrogens is 1. The van der Waals surface area contributed by atoms with Gasteiger partial charge in [-0.1, -0.05) is 52.8 Å². The van der Waals surface area contributed by atoms with Crippen LogP contribution in [0.5, 0.6) is 0 Å². The van der Waals surface area contributed by atoms with Crippen LogP contribution in [0.25, 0.3) is 22.3 Å². The Bertz CT molecular complexity index is 2620. The lowest BCUT2D eigenvalue weighted by molar-refractivity contribution is -0.118. The second kappa shape index (κ2) is 17.2. The molecule has 0 spiro atoms. The minimum absolute atomic E-state index is 0.0381. The summed E-state index contributed by atoms with van der Waals surface area (Å²) in [5.41, 5.74) is -0.00791. The van der Waals surface area contributed by atoms with Crippen LogP contribution >= 0.6 is 0 Å². The number of hydrogen-bond acceptors (Lipinski definition) is 15. The predicted octanol–water partition coefficient (Wildman–Crippen LogP) is 2.57. The molecule has 1 aliphatic carbocycles. The third kappa shape index (κ3) is 8.90. The standard InChI is InChI=1S/C38H50FN11O10SSi/c1-19(2)33(53)47-37-46-32-26(35(55)48-37)43-17-49(32)22-13-21(15-51)28(29(22)60-62(6,7)38(3,4)5)59-61(56,57)44-14-23-27(52)24(39)36(58-23)50-18-42-25-30(40-16-41-31(25)50)45-34(54)20-11-9-8-10-12-20/h8-12,16-19,21-24,27-29,36,44,51-52H,13-15H2,1-7H3,(H,40,41,45,54)(H2,46,47,48,53,55)/t21-,22-,23-,24-,27-,28-,29+,36-/m1/s1. The number of aliphatic hydroxyl groups is 2. The summed E-state index contributed by atoms with van der Waals surface area (Å²) >= 11 is 0. The third-order valence-electron chi connectivity index (χ3n) is 11.6. The van der Waals surface area contributed by atoms with Gasteiger partial charge in [-0.25, -0.2) is 24.3 Å². The molecule has 2 fully saturated rings. The van der Waals surface area contributed by atoms with Crippen LogP contribution < -0.4 is 20.9 Å². The number of aromatic amines is 1. The van der Waals surface area contributed by atoms with Crippen LogP contribution in [0.4, 0.5) is 16.2 Å². The Balaban J connectivity index is 1.11. The smallest absolute Gasteiger partial charge is 0.336 e. The minimum Gasteiger partial charge on any atom is -0.409 e. The minimum atomic E-state index is -4.74. The Hall–Kier alpha value is -5.08. The van der Waals surface area contributed by atoms with E-state index in [-0.39, 0.29) is 51.5 Å². The van der Waals surface area contributed by atoms with Crippen molar-refractivity contribution in [3.05, 3.63) is 65.2 Å². The number of ether oxygens (including phenoxy) is 1. The summed E-state index contributed by atoms with van der Waals surface area (Å²) < 4.78 is 67.0. The Kier molecular flexibility index (Phi) is 12.5. The highest BCUT2D eigenvalue weighted by Gasteiger charge is 2.53. The molecule has 21 nitrogen and oxygen atoms in total. The van der Waals surface area contributed by atoms with Crippen LogP contribution in [0.15, 0.2) is 54.1 Å². The van der Waals surface area contributed by atoms with E-state index in [2.05, 4.69) is 45.3 Å². The van der Waals surface area contributed by atoms with Crippen LogP contribution in [0.3, 0.4) is 0 Å². The normalized spacial score (nSPS) is 24.6. The first kappa shape index (κ1) is 45.0. The van der Waals surface area contributed by atoms with Gasteiger partial charge in [0.15, 0.2) is 48.9 Å². The van der Waals surface area contributed by atoms with E-state index in [4.69, 9.17) is 13.3 Å². The molecule has 334 valence electrons. The molecule has 5 aromatic rings. The summed E-state index contributed by atoms with van der Waals surface area (Å²) in [6, 6.07) is 7.63. The number of fused-ring (bicyclic) bond motifs is 2. The van der Waals surface area contributed by atoms with Gasteiger partial charge in [0.05, 0.1) is 24.8 Å². The monoisotopic (exact) mass is 899 g/mol. The molecule has 1 saturated heterocycles. The zero-order valence-electron chi connectivity index (χ0n) is 35.0. The largest absolute Gasteiger partial charge is 0.409 e. The van der Waals surface area contributed by atoms with Crippen LogP contribution in [-0.2, 0) is 28.4 Å². The first-order valence-corrected chi connectivity index (χ1v) is 24.3. The van der Waals surface area contributed by atoms with E-state index in [0.717, 1.165) is 6.33 Å². The van der Waals surface area contributed by atoms with Gasteiger partial charge < -0.3 is 29.3 Å². The Morgan fingerprint density at radius 3 is 2.40 bits per heavy atom. The van der Waals surface area contributed by atoms with E-state index in [1.165, 1.54) is 17.2 Å². The molecule has 7 rings (SSSR count). The molecule has 24 heteroatoms. The Labute approximate surface area is 356 Å². The molecule has 1 saturated carbocycles. The molecule has 2 aliphatic rings. The predicted molar refractivity (Wildman–Crippen MR) is 224 cm³/mol. The van der Waals surface area contributed by atoms with Gasteiger partial charge in [0.25, 0.3) is 11.5 Å². The first-order chi connectivity index (χ1) is 29.2. The van der Waals surface area contributed by atoms with Crippen molar-refractivity contribution < 1.29 is 46.0 Å². The van der Waals surface area contributed by atoms with Gasteiger partial charge in [0.2, 0.25) is 11.9 Å². The van der Waals surface area contributed by atoms with Crippen molar-refractivity contribution in [2.75, 3.05) is 23.8 Å². The molecule has 0 radical (unpaired) electrons. The molecule has 0 bridgehead atoms. The van der Waals surface area contributed by atoms with Crippen molar-refractivity contribution in [2.24, 2.45) is 11.8 Å². The highest BCUT2D eigenvalue weighted by molar-refractivity contribution is 7.84. The van der Waals surface area contributed by atoms with Gasteiger partial charge in [-0.3, -0.25) is 33.4 Å². The van der Waals surface area contributed by atoms with E-state index in [0.29, 0.717) is 5.56 Å². The molecule has 62 heavy (non-hydrogen) atoms. The molecular formula is C38H50FN11O10SSi. The van der Waals surface area contributed by atoms with Gasteiger partial charge in [-0.05, 0) is 36.7 Å². The van der Waals surface area contributed by atoms with Crippen LogP contribution in [0.2, 0.25) is 18.1 Å². The second-order valence-electron chi connectivity index (χ2n) is 17.2. The summed E-state index contributed by atoms with van der Waals surface area (Å²) in [6.45, 7) is 12.1. The lowest BCUT2D eigenvalue weighted by Crippen LogP contribution is -2.50. The number of aromatic nitrogens is 8. The van der Waals surface area contributed by atoms with E-state index < -0.39 is 97.9 Å². The molecule has 2 amide bonds. The van der Waals surface area contributed by atoms with Crippen LogP contribution in [0, 0.1) is 11.8 Å². The highest BCUT2D eigenvalue weighted by Crippen LogP contribution is 2.46. The molecule has 5 heterocycles. The fourth-order valence-electron chi connectivity index (χ4n) is 7.16. The number of benzene rings is 1. The molecule has 8 atom stereocenters. The number of aliphatic hydroxyl groups excluding tert-OH is 2. The summed E-state index contributed by atoms with van der Waals surface area (Å²) in [4.78, 5) is 62.2. The fraction of sp³-hybridized carbons (Fsp3) is 0.526. The number of hydrogen-bond donors (Lipinski definition) is 6. The van der Waals surface area contributed by atoms with Gasteiger partial charge in [-0.15, -0.1) is 0 Å². The quantitative estimate of drug-likeness (QED) is 0.0874. The lowest BCUT2D eigenvalue weighted by atomic mass is 10.1. The lowest BCUT2D eigenvalue weighted by Gasteiger charge is -2.41. The first-order valence-electron chi connectivity index (χ1n) is 20.0. The van der Waals surface area contributed by atoms with E-state index in [1.54, 1.807) is 48.7 Å². The zero-order valence-corrected chi connectivity index (χ0v) is 36.8. The number of rotatable bonds is 14. The maximum Gasteiger partial charge on any atom is 0.336 e. The van der Waals surface area contributed by atoms with E-state index in [1.807, 2.05) is 33.9 Å². The van der Waals surface area contributed by atoms with Gasteiger partial charge >= 0.3 is 10.3 Å². The third-order valence-corrected chi connectivity index (χ3v) is 17.1. The van der Waals surface area contributed by atoms with Crippen LogP contribution in [-0.4, -0.2) is 122 Å². The fourth-order valence-corrected chi connectivity index (χ4v) is 9.48. The molecule has 6 N–H and O–H groups in total. The number of nitrogens with one attached hydrogen (secondary N) is 4. The molecule has 0 unspecified atom stereocenters. The second-order valence-corrected chi connectivity index (χ2v) is 23.3. The van der Waals surface area contributed by atoms with Crippen molar-refractivity contribution in [3.8, 4) is 0 Å². The van der Waals surface area contributed by atoms with E-state index >= 15 is 4.39 Å². The SMILES string of the molecule is CC(C)C(=O)Nc1nc2c(ncn2[C@@H]2C[C@H](CO)[C@@H](OS(=O)(=O)NC[C@H]3O[C@@H](n4cnc5c(NC(=O)c6ccccc6)ncnc54)[C@H](F)[C@@H]3O)[C@H]2O[Si](C)(C)C(C)(C)C)c(=O)[nH]1.